The van der Waals surface area contributed by atoms with Crippen molar-refractivity contribution < 1.29 is 0 Å². The molecule has 0 aliphatic heterocycles. The molecular formula is C20H20IN3S. The number of anilines is 1. The minimum Gasteiger partial charge on any atom is -0.358 e. The fourth-order valence-electron chi connectivity index (χ4n) is 3.45. The maximum Gasteiger partial charge on any atom is 0.171 e. The minimum absolute atomic E-state index is 0.650. The van der Waals surface area contributed by atoms with Gasteiger partial charge in [0.2, 0.25) is 0 Å². The Hall–Kier alpha value is -1.60. The SMILES string of the molecule is S=C(NCc1ccc2[nH]c3c(c2c1)CCCC3)Nc1ccc(I)cc1. The average Bonchev–Trinajstić information content (AvgIpc) is 3.00. The first kappa shape index (κ1) is 16.8. The van der Waals surface area contributed by atoms with E-state index in [4.69, 9.17) is 12.2 Å². The Morgan fingerprint density at radius 1 is 1.08 bits per heavy atom. The van der Waals surface area contributed by atoms with Crippen LogP contribution in [0.15, 0.2) is 42.5 Å². The topological polar surface area (TPSA) is 39.9 Å². The van der Waals surface area contributed by atoms with Gasteiger partial charge in [-0.15, -0.1) is 0 Å². The van der Waals surface area contributed by atoms with Gasteiger partial charge in [-0.2, -0.15) is 0 Å². The van der Waals surface area contributed by atoms with Gasteiger partial charge in [0, 0.05) is 32.4 Å². The summed E-state index contributed by atoms with van der Waals surface area (Å²) in [6, 6.07) is 14.9. The molecule has 128 valence electrons. The number of fused-ring (bicyclic) bond motifs is 3. The van der Waals surface area contributed by atoms with E-state index >= 15 is 0 Å². The number of aromatic nitrogens is 1. The Morgan fingerprint density at radius 2 is 1.88 bits per heavy atom. The summed E-state index contributed by atoms with van der Waals surface area (Å²) in [6.07, 6.45) is 4.97. The molecule has 0 saturated heterocycles. The zero-order valence-electron chi connectivity index (χ0n) is 13.9. The highest BCUT2D eigenvalue weighted by atomic mass is 127. The van der Waals surface area contributed by atoms with E-state index in [2.05, 4.69) is 68.5 Å². The quantitative estimate of drug-likeness (QED) is 0.374. The largest absolute Gasteiger partial charge is 0.358 e. The molecule has 1 aliphatic carbocycles. The Balaban J connectivity index is 1.43. The molecule has 3 N–H and O–H groups in total. The van der Waals surface area contributed by atoms with Gasteiger partial charge < -0.3 is 15.6 Å². The molecule has 25 heavy (non-hydrogen) atoms. The van der Waals surface area contributed by atoms with Crippen LogP contribution in [0.25, 0.3) is 10.9 Å². The van der Waals surface area contributed by atoms with E-state index in [1.165, 1.54) is 57.0 Å². The third kappa shape index (κ3) is 3.82. The van der Waals surface area contributed by atoms with Crippen LogP contribution in [0.5, 0.6) is 0 Å². The van der Waals surface area contributed by atoms with Crippen molar-refractivity contribution in [3.63, 3.8) is 0 Å². The van der Waals surface area contributed by atoms with Crippen molar-refractivity contribution in [3.05, 3.63) is 62.9 Å². The van der Waals surface area contributed by atoms with Crippen LogP contribution in [0.4, 0.5) is 5.69 Å². The number of aryl methyl sites for hydroxylation is 2. The van der Waals surface area contributed by atoms with Crippen molar-refractivity contribution >= 4 is 56.5 Å². The van der Waals surface area contributed by atoms with Crippen LogP contribution in [-0.4, -0.2) is 10.1 Å². The third-order valence-electron chi connectivity index (χ3n) is 4.72. The summed E-state index contributed by atoms with van der Waals surface area (Å²) in [6.45, 7) is 0.728. The Labute approximate surface area is 166 Å². The zero-order chi connectivity index (χ0) is 17.2. The first-order valence-corrected chi connectivity index (χ1v) is 10.1. The number of H-pyrrole nitrogens is 1. The molecule has 3 nitrogen and oxygen atoms in total. The molecule has 4 rings (SSSR count). The highest BCUT2D eigenvalue weighted by Crippen LogP contribution is 2.29. The van der Waals surface area contributed by atoms with Gasteiger partial charge >= 0.3 is 0 Å². The van der Waals surface area contributed by atoms with Crippen LogP contribution in [0, 0.1) is 3.57 Å². The zero-order valence-corrected chi connectivity index (χ0v) is 16.8. The standard InChI is InChI=1S/C20H20IN3S/c21-14-6-8-15(9-7-14)23-20(25)22-12-13-5-10-19-17(11-13)16-3-1-2-4-18(16)24-19/h5-11,24H,1-4,12H2,(H2,22,23,25). The van der Waals surface area contributed by atoms with E-state index in [0.29, 0.717) is 5.11 Å². The highest BCUT2D eigenvalue weighted by molar-refractivity contribution is 14.1. The summed E-state index contributed by atoms with van der Waals surface area (Å²) in [5.41, 5.74) is 6.47. The van der Waals surface area contributed by atoms with Crippen molar-refractivity contribution in [1.29, 1.82) is 0 Å². The van der Waals surface area contributed by atoms with Gasteiger partial charge in [0.1, 0.15) is 0 Å². The Bertz CT molecular complexity index is 915. The van der Waals surface area contributed by atoms with Gasteiger partial charge in [0.25, 0.3) is 0 Å². The molecule has 0 saturated carbocycles. The average molecular weight is 461 g/mol. The van der Waals surface area contributed by atoms with Crippen molar-refractivity contribution in [3.8, 4) is 0 Å². The molecule has 0 atom stereocenters. The second kappa shape index (κ2) is 7.33. The van der Waals surface area contributed by atoms with Crippen molar-refractivity contribution in [1.82, 2.24) is 10.3 Å². The molecule has 5 heteroatoms. The van der Waals surface area contributed by atoms with Gasteiger partial charge in [-0.1, -0.05) is 6.07 Å². The monoisotopic (exact) mass is 461 g/mol. The summed E-state index contributed by atoms with van der Waals surface area (Å²) in [7, 11) is 0. The summed E-state index contributed by atoms with van der Waals surface area (Å²) in [4.78, 5) is 3.59. The number of thiocarbonyl (C=S) groups is 1. The maximum atomic E-state index is 5.41. The number of hydrogen-bond acceptors (Lipinski definition) is 1. The van der Waals surface area contributed by atoms with Crippen LogP contribution >= 0.6 is 34.8 Å². The fraction of sp³-hybridized carbons (Fsp3) is 0.250. The Kier molecular flexibility index (Phi) is 4.94. The number of aromatic amines is 1. The molecule has 1 aromatic heterocycles. The molecule has 0 unspecified atom stereocenters. The molecule has 0 fully saturated rings. The van der Waals surface area contributed by atoms with Gasteiger partial charge in [-0.3, -0.25) is 0 Å². The maximum absolute atomic E-state index is 5.41. The van der Waals surface area contributed by atoms with E-state index in [9.17, 15) is 0 Å². The first-order chi connectivity index (χ1) is 12.2. The smallest absolute Gasteiger partial charge is 0.171 e. The van der Waals surface area contributed by atoms with E-state index in [1.807, 2.05) is 12.1 Å². The molecule has 1 aliphatic rings. The summed E-state index contributed by atoms with van der Waals surface area (Å²) < 4.78 is 1.21. The summed E-state index contributed by atoms with van der Waals surface area (Å²) >= 11 is 7.71. The van der Waals surface area contributed by atoms with Gasteiger partial charge in [-0.05, 0) is 108 Å². The second-order valence-electron chi connectivity index (χ2n) is 6.48. The molecule has 2 aromatic carbocycles. The van der Waals surface area contributed by atoms with Crippen LogP contribution in [-0.2, 0) is 19.4 Å². The Morgan fingerprint density at radius 3 is 2.72 bits per heavy atom. The third-order valence-corrected chi connectivity index (χ3v) is 5.68. The lowest BCUT2D eigenvalue weighted by Gasteiger charge is -2.12. The molecule has 1 heterocycles. The lowest BCUT2D eigenvalue weighted by atomic mass is 9.95. The van der Waals surface area contributed by atoms with Crippen LogP contribution in [0.1, 0.15) is 29.7 Å². The number of benzene rings is 2. The van der Waals surface area contributed by atoms with Gasteiger partial charge in [0.05, 0.1) is 0 Å². The van der Waals surface area contributed by atoms with Crippen molar-refractivity contribution in [2.24, 2.45) is 0 Å². The minimum atomic E-state index is 0.650. The number of halogens is 1. The van der Waals surface area contributed by atoms with E-state index in [0.717, 1.165) is 12.2 Å². The van der Waals surface area contributed by atoms with Crippen molar-refractivity contribution in [2.75, 3.05) is 5.32 Å². The molecule has 0 spiro atoms. The number of rotatable bonds is 3. The number of hydrogen-bond donors (Lipinski definition) is 3. The van der Waals surface area contributed by atoms with Gasteiger partial charge in [-0.25, -0.2) is 0 Å². The van der Waals surface area contributed by atoms with E-state index in [-0.39, 0.29) is 0 Å². The highest BCUT2D eigenvalue weighted by Gasteiger charge is 2.15. The normalized spacial score (nSPS) is 13.5. The van der Waals surface area contributed by atoms with Gasteiger partial charge in [0.15, 0.2) is 5.11 Å². The summed E-state index contributed by atoms with van der Waals surface area (Å²) in [5, 5.41) is 8.57. The lowest BCUT2D eigenvalue weighted by Crippen LogP contribution is -2.27. The first-order valence-electron chi connectivity index (χ1n) is 8.62. The molecule has 0 radical (unpaired) electrons. The second-order valence-corrected chi connectivity index (χ2v) is 8.14. The van der Waals surface area contributed by atoms with Crippen LogP contribution in [0.3, 0.4) is 0 Å². The number of nitrogens with one attached hydrogen (secondary N) is 3. The fourth-order valence-corrected chi connectivity index (χ4v) is 4.00. The summed E-state index contributed by atoms with van der Waals surface area (Å²) in [5.74, 6) is 0. The van der Waals surface area contributed by atoms with Crippen LogP contribution in [0.2, 0.25) is 0 Å². The van der Waals surface area contributed by atoms with Crippen molar-refractivity contribution in [2.45, 2.75) is 32.2 Å². The molecular weight excluding hydrogens is 441 g/mol. The molecule has 3 aromatic rings. The van der Waals surface area contributed by atoms with E-state index < -0.39 is 0 Å². The van der Waals surface area contributed by atoms with Crippen LogP contribution < -0.4 is 10.6 Å². The predicted molar refractivity (Wildman–Crippen MR) is 117 cm³/mol. The molecule has 0 amide bonds. The predicted octanol–water partition coefficient (Wildman–Crippen LogP) is 5.14. The lowest BCUT2D eigenvalue weighted by molar-refractivity contribution is 0.680. The van der Waals surface area contributed by atoms with E-state index in [1.54, 1.807) is 0 Å². The molecule has 0 bridgehead atoms.